The van der Waals surface area contributed by atoms with E-state index in [1.807, 2.05) is 0 Å². The Balaban J connectivity index is 2.13. The molecular weight excluding hydrogens is 216 g/mol. The lowest BCUT2D eigenvalue weighted by atomic mass is 10.1. The minimum Gasteiger partial charge on any atom is -0.263 e. The van der Waals surface area contributed by atoms with E-state index in [1.54, 1.807) is 0 Å². The molecule has 1 aliphatic heterocycles. The third-order valence-electron chi connectivity index (χ3n) is 3.04. The van der Waals surface area contributed by atoms with E-state index >= 15 is 0 Å². The van der Waals surface area contributed by atoms with Crippen LogP contribution >= 0.6 is 12.6 Å². The predicted molar refractivity (Wildman–Crippen MR) is 55.4 cm³/mol. The van der Waals surface area contributed by atoms with Gasteiger partial charge in [0.05, 0.1) is 0 Å². The third-order valence-corrected chi connectivity index (χ3v) is 3.71. The summed E-state index contributed by atoms with van der Waals surface area (Å²) in [6, 6.07) is -0.516. The highest BCUT2D eigenvalue weighted by Gasteiger charge is 2.50. The van der Waals surface area contributed by atoms with Crippen molar-refractivity contribution in [2.75, 3.05) is 19.3 Å². The number of hydrogen-bond acceptors (Lipinski definition) is 4. The molecule has 82 valence electrons. The number of thiol groups is 1. The largest absolute Gasteiger partial charge is 0.333 e. The van der Waals surface area contributed by atoms with E-state index in [1.165, 1.54) is 7.05 Å². The summed E-state index contributed by atoms with van der Waals surface area (Å²) < 4.78 is 0. The van der Waals surface area contributed by atoms with Crippen LogP contribution in [0.3, 0.4) is 0 Å². The van der Waals surface area contributed by atoms with Crippen LogP contribution in [-0.2, 0) is 9.59 Å². The number of urea groups is 1. The summed E-state index contributed by atoms with van der Waals surface area (Å²) >= 11 is 4.19. The van der Waals surface area contributed by atoms with Crippen LogP contribution in [0.1, 0.15) is 12.8 Å². The highest BCUT2D eigenvalue weighted by molar-refractivity contribution is 7.80. The molecule has 0 aromatic rings. The molecule has 1 heterocycles. The summed E-state index contributed by atoms with van der Waals surface area (Å²) in [6.45, 7) is 0.324. The first kappa shape index (κ1) is 10.5. The first-order valence-electron chi connectivity index (χ1n) is 4.75. The molecule has 1 saturated carbocycles. The van der Waals surface area contributed by atoms with Crippen molar-refractivity contribution in [1.29, 1.82) is 0 Å². The van der Waals surface area contributed by atoms with Crippen LogP contribution in [0.2, 0.25) is 0 Å². The van der Waals surface area contributed by atoms with Gasteiger partial charge in [0.15, 0.2) is 0 Å². The molecule has 0 aromatic heterocycles. The molecular formula is C9H12N2O3S. The molecule has 0 bridgehead atoms. The number of likely N-dealkylation sites (N-methyl/N-ethyl adjacent to an activating group) is 1. The van der Waals surface area contributed by atoms with Crippen LogP contribution in [0.4, 0.5) is 4.79 Å². The highest BCUT2D eigenvalue weighted by atomic mass is 32.1. The summed E-state index contributed by atoms with van der Waals surface area (Å²) in [7, 11) is 1.32. The van der Waals surface area contributed by atoms with Gasteiger partial charge >= 0.3 is 17.8 Å². The highest BCUT2D eigenvalue weighted by Crippen LogP contribution is 2.47. The Labute approximate surface area is 92.8 Å². The van der Waals surface area contributed by atoms with Crippen molar-refractivity contribution in [2.24, 2.45) is 5.41 Å². The van der Waals surface area contributed by atoms with Crippen LogP contribution in [0.15, 0.2) is 0 Å². The van der Waals surface area contributed by atoms with Crippen LogP contribution in [-0.4, -0.2) is 47.0 Å². The maximum atomic E-state index is 11.5. The Kier molecular flexibility index (Phi) is 2.26. The molecule has 0 aromatic carbocycles. The summed E-state index contributed by atoms with van der Waals surface area (Å²) in [5.74, 6) is -0.812. The first-order valence-corrected chi connectivity index (χ1v) is 5.38. The quantitative estimate of drug-likeness (QED) is 0.424. The normalized spacial score (nSPS) is 24.0. The average Bonchev–Trinajstić information content (AvgIpc) is 2.99. The molecule has 0 radical (unpaired) electrons. The second-order valence-electron chi connectivity index (χ2n) is 4.20. The molecule has 15 heavy (non-hydrogen) atoms. The van der Waals surface area contributed by atoms with Gasteiger partial charge < -0.3 is 0 Å². The Bertz CT molecular complexity index is 351. The van der Waals surface area contributed by atoms with Gasteiger partial charge in [0, 0.05) is 13.6 Å². The SMILES string of the molecule is CN1C(=O)C(=O)N(CC2(CS)CC2)C1=O. The van der Waals surface area contributed by atoms with Crippen LogP contribution < -0.4 is 0 Å². The third kappa shape index (κ3) is 1.52. The van der Waals surface area contributed by atoms with E-state index in [2.05, 4.69) is 12.6 Å². The van der Waals surface area contributed by atoms with Crippen molar-refractivity contribution in [3.8, 4) is 0 Å². The second-order valence-corrected chi connectivity index (χ2v) is 4.51. The van der Waals surface area contributed by atoms with Gasteiger partial charge in [-0.3, -0.25) is 19.4 Å². The molecule has 1 saturated heterocycles. The van der Waals surface area contributed by atoms with Crippen molar-refractivity contribution in [2.45, 2.75) is 12.8 Å². The fourth-order valence-corrected chi connectivity index (χ4v) is 2.05. The van der Waals surface area contributed by atoms with E-state index in [4.69, 9.17) is 0 Å². The fourth-order valence-electron chi connectivity index (χ4n) is 1.63. The van der Waals surface area contributed by atoms with Crippen LogP contribution in [0, 0.1) is 5.41 Å². The minimum atomic E-state index is -0.741. The van der Waals surface area contributed by atoms with Crippen molar-refractivity contribution in [3.05, 3.63) is 0 Å². The fraction of sp³-hybridized carbons (Fsp3) is 0.667. The van der Waals surface area contributed by atoms with Gasteiger partial charge in [0.1, 0.15) is 0 Å². The summed E-state index contributed by atoms with van der Waals surface area (Å²) in [5.41, 5.74) is -0.0418. The number of imide groups is 2. The Morgan fingerprint density at radius 3 is 2.20 bits per heavy atom. The lowest BCUT2D eigenvalue weighted by molar-refractivity contribution is -0.143. The maximum Gasteiger partial charge on any atom is 0.333 e. The number of nitrogens with zero attached hydrogens (tertiary/aromatic N) is 2. The van der Waals surface area contributed by atoms with Gasteiger partial charge in [0.25, 0.3) is 0 Å². The second kappa shape index (κ2) is 3.23. The molecule has 1 aliphatic carbocycles. The molecule has 5 nitrogen and oxygen atoms in total. The zero-order valence-corrected chi connectivity index (χ0v) is 9.29. The maximum absolute atomic E-state index is 11.5. The summed E-state index contributed by atoms with van der Waals surface area (Å²) in [4.78, 5) is 36.1. The zero-order chi connectivity index (χ0) is 11.2. The Morgan fingerprint density at radius 2 is 1.87 bits per heavy atom. The van der Waals surface area contributed by atoms with E-state index in [0.717, 1.165) is 22.6 Å². The lowest BCUT2D eigenvalue weighted by Crippen LogP contribution is -2.37. The van der Waals surface area contributed by atoms with E-state index in [0.29, 0.717) is 12.3 Å². The summed E-state index contributed by atoms with van der Waals surface area (Å²) in [6.07, 6.45) is 1.93. The van der Waals surface area contributed by atoms with E-state index < -0.39 is 17.8 Å². The zero-order valence-electron chi connectivity index (χ0n) is 8.39. The molecule has 2 rings (SSSR count). The smallest absolute Gasteiger partial charge is 0.263 e. The Morgan fingerprint density at radius 1 is 1.27 bits per heavy atom. The number of amides is 4. The minimum absolute atomic E-state index is 0.0418. The van der Waals surface area contributed by atoms with Gasteiger partial charge in [-0.1, -0.05) is 0 Å². The average molecular weight is 228 g/mol. The van der Waals surface area contributed by atoms with Crippen molar-refractivity contribution >= 4 is 30.5 Å². The lowest BCUT2D eigenvalue weighted by Gasteiger charge is -2.18. The first-order chi connectivity index (χ1) is 7.01. The van der Waals surface area contributed by atoms with Gasteiger partial charge in [-0.15, -0.1) is 0 Å². The van der Waals surface area contributed by atoms with E-state index in [9.17, 15) is 14.4 Å². The van der Waals surface area contributed by atoms with Crippen LogP contribution in [0.25, 0.3) is 0 Å². The standard InChI is InChI=1S/C9H12N2O3S/c1-10-6(12)7(13)11(8(10)14)4-9(5-15)2-3-9/h15H,2-5H2,1H3. The molecule has 6 heteroatoms. The number of carbonyl (C=O) groups is 3. The molecule has 0 unspecified atom stereocenters. The predicted octanol–water partition coefficient (Wildman–Crippen LogP) is 0.117. The van der Waals surface area contributed by atoms with Crippen molar-refractivity contribution in [3.63, 3.8) is 0 Å². The number of rotatable bonds is 3. The van der Waals surface area contributed by atoms with Crippen molar-refractivity contribution < 1.29 is 14.4 Å². The molecule has 4 amide bonds. The van der Waals surface area contributed by atoms with Gasteiger partial charge in [-0.05, 0) is 24.0 Å². The molecule has 2 aliphatic rings. The molecule has 0 spiro atoms. The Hall–Kier alpha value is -1.04. The van der Waals surface area contributed by atoms with E-state index in [-0.39, 0.29) is 5.41 Å². The van der Waals surface area contributed by atoms with Gasteiger partial charge in [0.2, 0.25) is 0 Å². The van der Waals surface area contributed by atoms with Gasteiger partial charge in [-0.25, -0.2) is 4.79 Å². The molecule has 2 fully saturated rings. The molecule has 0 atom stereocenters. The number of carbonyl (C=O) groups excluding carboxylic acids is 3. The summed E-state index contributed by atoms with van der Waals surface area (Å²) in [5, 5.41) is 0. The monoisotopic (exact) mass is 228 g/mol. The number of hydrogen-bond donors (Lipinski definition) is 1. The van der Waals surface area contributed by atoms with Crippen molar-refractivity contribution in [1.82, 2.24) is 9.80 Å². The molecule has 0 N–H and O–H groups in total. The van der Waals surface area contributed by atoms with Gasteiger partial charge in [-0.2, -0.15) is 12.6 Å². The van der Waals surface area contributed by atoms with Crippen LogP contribution in [0.5, 0.6) is 0 Å². The topological polar surface area (TPSA) is 57.7 Å².